The number of benzene rings is 1. The van der Waals surface area contributed by atoms with E-state index in [0.717, 1.165) is 6.07 Å². The van der Waals surface area contributed by atoms with Crippen LogP contribution >= 0.6 is 0 Å². The lowest BCUT2D eigenvalue weighted by Crippen LogP contribution is -2.39. The Kier molecular flexibility index (Phi) is 3.32. The first-order valence-corrected chi connectivity index (χ1v) is 6.25. The van der Waals surface area contributed by atoms with Crippen molar-refractivity contribution in [1.29, 1.82) is 0 Å². The van der Waals surface area contributed by atoms with Gasteiger partial charge in [0.1, 0.15) is 0 Å². The van der Waals surface area contributed by atoms with Crippen LogP contribution in [-0.2, 0) is 16.4 Å². The molecule has 0 spiro atoms. The summed E-state index contributed by atoms with van der Waals surface area (Å²) < 4.78 is 39.3. The van der Waals surface area contributed by atoms with Crippen LogP contribution in [0.4, 0.5) is 13.2 Å². The number of hydrogen-bond donors (Lipinski definition) is 1. The van der Waals surface area contributed by atoms with Crippen LogP contribution in [-0.4, -0.2) is 11.9 Å². The van der Waals surface area contributed by atoms with Crippen molar-refractivity contribution in [3.05, 3.63) is 35.4 Å². The SMILES string of the molecule is CCC1NC(=O)CC1(C)c1ccccc1C(F)(F)F. The molecule has 0 radical (unpaired) electrons. The van der Waals surface area contributed by atoms with E-state index < -0.39 is 17.2 Å². The molecule has 0 bridgehead atoms. The topological polar surface area (TPSA) is 29.1 Å². The summed E-state index contributed by atoms with van der Waals surface area (Å²) in [5.74, 6) is -0.189. The van der Waals surface area contributed by atoms with Gasteiger partial charge in [-0.15, -0.1) is 0 Å². The Morgan fingerprint density at radius 2 is 2.00 bits per heavy atom. The third kappa shape index (κ3) is 2.33. The molecule has 1 aromatic rings. The molecule has 2 atom stereocenters. The van der Waals surface area contributed by atoms with Crippen molar-refractivity contribution in [3.8, 4) is 0 Å². The minimum Gasteiger partial charge on any atom is -0.352 e. The first-order chi connectivity index (χ1) is 8.79. The predicted molar refractivity (Wildman–Crippen MR) is 65.6 cm³/mol. The van der Waals surface area contributed by atoms with E-state index in [2.05, 4.69) is 5.32 Å². The number of carbonyl (C=O) groups excluding carboxylic acids is 1. The zero-order valence-corrected chi connectivity index (χ0v) is 10.8. The van der Waals surface area contributed by atoms with E-state index >= 15 is 0 Å². The molecule has 1 amide bonds. The van der Waals surface area contributed by atoms with Gasteiger partial charge in [0.25, 0.3) is 0 Å². The summed E-state index contributed by atoms with van der Waals surface area (Å²) in [5, 5.41) is 2.76. The second kappa shape index (κ2) is 4.54. The summed E-state index contributed by atoms with van der Waals surface area (Å²) in [6, 6.07) is 5.26. The highest BCUT2D eigenvalue weighted by molar-refractivity contribution is 5.81. The Morgan fingerprint density at radius 1 is 1.37 bits per heavy atom. The summed E-state index contributed by atoms with van der Waals surface area (Å²) in [7, 11) is 0. The van der Waals surface area contributed by atoms with Crippen molar-refractivity contribution < 1.29 is 18.0 Å². The summed E-state index contributed by atoms with van der Waals surface area (Å²) in [6.45, 7) is 3.59. The van der Waals surface area contributed by atoms with Crippen LogP contribution in [0, 0.1) is 0 Å². The molecule has 1 saturated heterocycles. The Balaban J connectivity index is 2.55. The maximum atomic E-state index is 13.1. The van der Waals surface area contributed by atoms with Crippen LogP contribution in [0.1, 0.15) is 37.8 Å². The highest BCUT2D eigenvalue weighted by Crippen LogP contribution is 2.43. The molecule has 1 heterocycles. The second-order valence-electron chi connectivity index (χ2n) is 5.17. The fraction of sp³-hybridized carbons (Fsp3) is 0.500. The van der Waals surface area contributed by atoms with Crippen LogP contribution in [0.5, 0.6) is 0 Å². The van der Waals surface area contributed by atoms with Crippen molar-refractivity contribution in [1.82, 2.24) is 5.32 Å². The Hall–Kier alpha value is -1.52. The molecule has 0 saturated carbocycles. The maximum Gasteiger partial charge on any atom is 0.416 e. The van der Waals surface area contributed by atoms with Crippen LogP contribution < -0.4 is 5.32 Å². The molecule has 1 aliphatic heterocycles. The van der Waals surface area contributed by atoms with E-state index in [0.29, 0.717) is 6.42 Å². The van der Waals surface area contributed by atoms with Crippen LogP contribution in [0.25, 0.3) is 0 Å². The number of nitrogens with one attached hydrogen (secondary N) is 1. The van der Waals surface area contributed by atoms with Crippen LogP contribution in [0.3, 0.4) is 0 Å². The molecule has 1 fully saturated rings. The minimum atomic E-state index is -4.40. The van der Waals surface area contributed by atoms with Crippen molar-refractivity contribution in [2.75, 3.05) is 0 Å². The van der Waals surface area contributed by atoms with Gasteiger partial charge in [0.2, 0.25) is 5.91 Å². The van der Waals surface area contributed by atoms with E-state index in [9.17, 15) is 18.0 Å². The van der Waals surface area contributed by atoms with E-state index in [4.69, 9.17) is 0 Å². The third-order valence-electron chi connectivity index (χ3n) is 3.89. The predicted octanol–water partition coefficient (Wildman–Crippen LogP) is 3.26. The first-order valence-electron chi connectivity index (χ1n) is 6.25. The van der Waals surface area contributed by atoms with Gasteiger partial charge in [0.15, 0.2) is 0 Å². The summed E-state index contributed by atoms with van der Waals surface area (Å²) in [5.41, 5.74) is -1.25. The van der Waals surface area contributed by atoms with Gasteiger partial charge in [0, 0.05) is 17.9 Å². The highest BCUT2D eigenvalue weighted by atomic mass is 19.4. The van der Waals surface area contributed by atoms with Gasteiger partial charge in [0.05, 0.1) is 5.56 Å². The molecule has 2 rings (SSSR count). The van der Waals surface area contributed by atoms with Crippen molar-refractivity contribution >= 4 is 5.91 Å². The third-order valence-corrected chi connectivity index (χ3v) is 3.89. The van der Waals surface area contributed by atoms with Gasteiger partial charge in [-0.1, -0.05) is 32.0 Å². The van der Waals surface area contributed by atoms with Gasteiger partial charge in [-0.25, -0.2) is 0 Å². The molecule has 2 nitrogen and oxygen atoms in total. The number of halogens is 3. The zero-order chi connectivity index (χ0) is 14.3. The number of hydrogen-bond acceptors (Lipinski definition) is 1. The molecule has 0 aliphatic carbocycles. The second-order valence-corrected chi connectivity index (χ2v) is 5.17. The van der Waals surface area contributed by atoms with Crippen LogP contribution in [0.2, 0.25) is 0 Å². The molecule has 19 heavy (non-hydrogen) atoms. The quantitative estimate of drug-likeness (QED) is 0.879. The molecule has 2 unspecified atom stereocenters. The normalized spacial score (nSPS) is 27.4. The standard InChI is InChI=1S/C14H16F3NO/c1-3-11-13(2,8-12(19)18-11)9-6-4-5-7-10(9)14(15,16)17/h4-7,11H,3,8H2,1-2H3,(H,18,19). The highest BCUT2D eigenvalue weighted by Gasteiger charge is 2.47. The molecule has 1 N–H and O–H groups in total. The molecule has 1 aromatic carbocycles. The van der Waals surface area contributed by atoms with E-state index in [1.165, 1.54) is 12.1 Å². The fourth-order valence-corrected chi connectivity index (χ4v) is 2.93. The molecule has 5 heteroatoms. The Bertz CT molecular complexity index is 498. The van der Waals surface area contributed by atoms with Gasteiger partial charge in [-0.05, 0) is 18.1 Å². The zero-order valence-electron chi connectivity index (χ0n) is 10.8. The number of amides is 1. The van der Waals surface area contributed by atoms with E-state index in [-0.39, 0.29) is 23.9 Å². The smallest absolute Gasteiger partial charge is 0.352 e. The molecule has 0 aromatic heterocycles. The molecule has 104 valence electrons. The van der Waals surface area contributed by atoms with Crippen LogP contribution in [0.15, 0.2) is 24.3 Å². The number of alkyl halides is 3. The van der Waals surface area contributed by atoms with E-state index in [1.807, 2.05) is 6.92 Å². The van der Waals surface area contributed by atoms with Gasteiger partial charge in [-0.3, -0.25) is 4.79 Å². The van der Waals surface area contributed by atoms with Crippen molar-refractivity contribution in [2.24, 2.45) is 0 Å². The van der Waals surface area contributed by atoms with E-state index in [1.54, 1.807) is 13.0 Å². The average Bonchev–Trinajstić information content (AvgIpc) is 2.64. The van der Waals surface area contributed by atoms with Crippen molar-refractivity contribution in [3.63, 3.8) is 0 Å². The largest absolute Gasteiger partial charge is 0.416 e. The maximum absolute atomic E-state index is 13.1. The van der Waals surface area contributed by atoms with Gasteiger partial charge in [-0.2, -0.15) is 13.2 Å². The minimum absolute atomic E-state index is 0.0958. The monoisotopic (exact) mass is 271 g/mol. The Labute approximate surface area is 110 Å². The summed E-state index contributed by atoms with van der Waals surface area (Å²) >= 11 is 0. The van der Waals surface area contributed by atoms with Crippen molar-refractivity contribution in [2.45, 2.75) is 44.3 Å². The summed E-state index contributed by atoms with van der Waals surface area (Å²) in [4.78, 5) is 11.6. The molecule has 1 aliphatic rings. The summed E-state index contributed by atoms with van der Waals surface area (Å²) in [6.07, 6.45) is -3.70. The number of rotatable bonds is 2. The lowest BCUT2D eigenvalue weighted by Gasteiger charge is -2.32. The molecular formula is C14H16F3NO. The number of carbonyl (C=O) groups is 1. The average molecular weight is 271 g/mol. The fourth-order valence-electron chi connectivity index (χ4n) is 2.93. The lowest BCUT2D eigenvalue weighted by molar-refractivity contribution is -0.139. The van der Waals surface area contributed by atoms with Gasteiger partial charge >= 0.3 is 6.18 Å². The lowest BCUT2D eigenvalue weighted by atomic mass is 9.73. The first kappa shape index (κ1) is 13.9. The molecular weight excluding hydrogens is 255 g/mol. The van der Waals surface area contributed by atoms with Gasteiger partial charge < -0.3 is 5.32 Å². The Morgan fingerprint density at radius 3 is 2.58 bits per heavy atom.